The lowest BCUT2D eigenvalue weighted by molar-refractivity contribution is 0.0994. The molecule has 1 N–H and O–H groups in total. The van der Waals surface area contributed by atoms with Crippen LogP contribution in [0.25, 0.3) is 6.08 Å². The van der Waals surface area contributed by atoms with Gasteiger partial charge in [-0.05, 0) is 38.0 Å². The van der Waals surface area contributed by atoms with Crippen molar-refractivity contribution in [3.05, 3.63) is 29.8 Å². The molecule has 0 heterocycles. The van der Waals surface area contributed by atoms with E-state index in [1.165, 1.54) is 0 Å². The molecule has 4 heteroatoms. The van der Waals surface area contributed by atoms with Gasteiger partial charge in [-0.3, -0.25) is 0 Å². The molecule has 22 heavy (non-hydrogen) atoms. The fraction of sp³-hybridized carbons (Fsp3) is 0.556. The highest BCUT2D eigenvalue weighted by molar-refractivity contribution is 5.55. The Morgan fingerprint density at radius 1 is 1.18 bits per heavy atom. The number of allylic oxidation sites excluding steroid dienone is 1. The fourth-order valence-electron chi connectivity index (χ4n) is 1.93. The zero-order chi connectivity index (χ0) is 16.2. The SMILES string of the molecule is C/C=C/c1ccc(OCCOCCN[C@H](C)CC)c(OC)c1. The van der Waals surface area contributed by atoms with Crippen molar-refractivity contribution in [3.63, 3.8) is 0 Å². The summed E-state index contributed by atoms with van der Waals surface area (Å²) in [4.78, 5) is 0. The van der Waals surface area contributed by atoms with E-state index in [0.717, 1.165) is 30.0 Å². The highest BCUT2D eigenvalue weighted by Gasteiger charge is 2.04. The van der Waals surface area contributed by atoms with Gasteiger partial charge in [-0.15, -0.1) is 0 Å². The van der Waals surface area contributed by atoms with Crippen LogP contribution in [0.4, 0.5) is 0 Å². The van der Waals surface area contributed by atoms with E-state index in [-0.39, 0.29) is 0 Å². The monoisotopic (exact) mass is 307 g/mol. The Morgan fingerprint density at radius 2 is 2.00 bits per heavy atom. The van der Waals surface area contributed by atoms with Crippen molar-refractivity contribution in [2.75, 3.05) is 33.5 Å². The molecule has 0 spiro atoms. The molecule has 0 aliphatic carbocycles. The van der Waals surface area contributed by atoms with Crippen LogP contribution in [0.3, 0.4) is 0 Å². The van der Waals surface area contributed by atoms with Crippen LogP contribution in [0.15, 0.2) is 24.3 Å². The molecule has 0 saturated heterocycles. The van der Waals surface area contributed by atoms with E-state index in [1.807, 2.05) is 37.3 Å². The molecule has 0 amide bonds. The third-order valence-electron chi connectivity index (χ3n) is 3.38. The first kappa shape index (κ1) is 18.5. The quantitative estimate of drug-likeness (QED) is 0.635. The average Bonchev–Trinajstić information content (AvgIpc) is 2.54. The second kappa shape index (κ2) is 11.1. The minimum Gasteiger partial charge on any atom is -0.493 e. The molecule has 1 atom stereocenters. The number of methoxy groups -OCH3 is 1. The lowest BCUT2D eigenvalue weighted by Crippen LogP contribution is -2.29. The predicted molar refractivity (Wildman–Crippen MR) is 91.8 cm³/mol. The van der Waals surface area contributed by atoms with Crippen molar-refractivity contribution in [3.8, 4) is 11.5 Å². The van der Waals surface area contributed by atoms with Gasteiger partial charge in [0.05, 0.1) is 20.3 Å². The Kier molecular flexibility index (Phi) is 9.35. The van der Waals surface area contributed by atoms with E-state index in [2.05, 4.69) is 19.2 Å². The van der Waals surface area contributed by atoms with Gasteiger partial charge < -0.3 is 19.5 Å². The van der Waals surface area contributed by atoms with E-state index >= 15 is 0 Å². The van der Waals surface area contributed by atoms with Crippen LogP contribution < -0.4 is 14.8 Å². The molecule has 0 aliphatic rings. The van der Waals surface area contributed by atoms with E-state index in [9.17, 15) is 0 Å². The molecule has 0 radical (unpaired) electrons. The molecule has 0 aliphatic heterocycles. The third-order valence-corrected chi connectivity index (χ3v) is 3.38. The Labute approximate surface area is 134 Å². The van der Waals surface area contributed by atoms with Crippen molar-refractivity contribution in [2.24, 2.45) is 0 Å². The second-order valence-electron chi connectivity index (χ2n) is 5.13. The summed E-state index contributed by atoms with van der Waals surface area (Å²) in [6, 6.07) is 6.44. The third kappa shape index (κ3) is 6.96. The molecular weight excluding hydrogens is 278 g/mol. The maximum absolute atomic E-state index is 5.72. The van der Waals surface area contributed by atoms with Gasteiger partial charge in [-0.1, -0.05) is 25.1 Å². The first-order valence-corrected chi connectivity index (χ1v) is 7.95. The largest absolute Gasteiger partial charge is 0.493 e. The second-order valence-corrected chi connectivity index (χ2v) is 5.13. The van der Waals surface area contributed by atoms with Crippen LogP contribution in [-0.2, 0) is 4.74 Å². The normalized spacial score (nSPS) is 12.5. The molecular formula is C18H29NO3. The van der Waals surface area contributed by atoms with Crippen LogP contribution in [0.2, 0.25) is 0 Å². The van der Waals surface area contributed by atoms with Crippen molar-refractivity contribution < 1.29 is 14.2 Å². The number of hydrogen-bond acceptors (Lipinski definition) is 4. The van der Waals surface area contributed by atoms with Gasteiger partial charge in [0.15, 0.2) is 11.5 Å². The first-order chi connectivity index (χ1) is 10.7. The topological polar surface area (TPSA) is 39.7 Å². The van der Waals surface area contributed by atoms with Crippen LogP contribution in [0, 0.1) is 0 Å². The maximum Gasteiger partial charge on any atom is 0.161 e. The zero-order valence-electron chi connectivity index (χ0n) is 14.2. The lowest BCUT2D eigenvalue weighted by atomic mass is 10.2. The summed E-state index contributed by atoms with van der Waals surface area (Å²) in [6.45, 7) is 8.99. The van der Waals surface area contributed by atoms with Gasteiger partial charge >= 0.3 is 0 Å². The molecule has 1 rings (SSSR count). The number of ether oxygens (including phenoxy) is 3. The number of benzene rings is 1. The Hall–Kier alpha value is -1.52. The van der Waals surface area contributed by atoms with Crippen molar-refractivity contribution in [1.82, 2.24) is 5.32 Å². The molecule has 1 aromatic carbocycles. The first-order valence-electron chi connectivity index (χ1n) is 7.95. The van der Waals surface area contributed by atoms with E-state index in [1.54, 1.807) is 7.11 Å². The summed E-state index contributed by atoms with van der Waals surface area (Å²) in [7, 11) is 1.65. The average molecular weight is 307 g/mol. The highest BCUT2D eigenvalue weighted by atomic mass is 16.5. The number of nitrogens with one attached hydrogen (secondary N) is 1. The summed E-state index contributed by atoms with van der Waals surface area (Å²) in [5.74, 6) is 1.49. The summed E-state index contributed by atoms with van der Waals surface area (Å²) < 4.78 is 16.6. The molecule has 0 fully saturated rings. The van der Waals surface area contributed by atoms with E-state index in [0.29, 0.717) is 25.9 Å². The molecule has 4 nitrogen and oxygen atoms in total. The van der Waals surface area contributed by atoms with Crippen LogP contribution in [0.5, 0.6) is 11.5 Å². The Balaban J connectivity index is 2.27. The standard InChI is InChI=1S/C18H29NO3/c1-5-7-16-8-9-17(18(14-16)20-4)22-13-12-21-11-10-19-15(3)6-2/h5,7-9,14-15,19H,6,10-13H2,1-4H3/b7-5+/t15-/m1/s1. The minimum absolute atomic E-state index is 0.517. The predicted octanol–water partition coefficient (Wildman–Crippen LogP) is 3.51. The zero-order valence-corrected chi connectivity index (χ0v) is 14.2. The summed E-state index contributed by atoms with van der Waals surface area (Å²) in [5, 5.41) is 3.39. The summed E-state index contributed by atoms with van der Waals surface area (Å²) in [5.41, 5.74) is 1.10. The Morgan fingerprint density at radius 3 is 2.68 bits per heavy atom. The lowest BCUT2D eigenvalue weighted by Gasteiger charge is -2.13. The van der Waals surface area contributed by atoms with Crippen molar-refractivity contribution in [2.45, 2.75) is 33.2 Å². The number of hydrogen-bond donors (Lipinski definition) is 1. The molecule has 0 bridgehead atoms. The van der Waals surface area contributed by atoms with Crippen LogP contribution in [-0.4, -0.2) is 39.5 Å². The van der Waals surface area contributed by atoms with Gasteiger partial charge in [-0.25, -0.2) is 0 Å². The van der Waals surface area contributed by atoms with Crippen LogP contribution >= 0.6 is 0 Å². The van der Waals surface area contributed by atoms with E-state index in [4.69, 9.17) is 14.2 Å². The van der Waals surface area contributed by atoms with Gasteiger partial charge in [0.25, 0.3) is 0 Å². The smallest absolute Gasteiger partial charge is 0.161 e. The highest BCUT2D eigenvalue weighted by Crippen LogP contribution is 2.28. The Bertz CT molecular complexity index is 446. The molecule has 0 unspecified atom stereocenters. The molecule has 0 aromatic heterocycles. The van der Waals surface area contributed by atoms with Gasteiger partial charge in [0.2, 0.25) is 0 Å². The van der Waals surface area contributed by atoms with Crippen molar-refractivity contribution in [1.29, 1.82) is 0 Å². The summed E-state index contributed by atoms with van der Waals surface area (Å²) >= 11 is 0. The maximum atomic E-state index is 5.72. The summed E-state index contributed by atoms with van der Waals surface area (Å²) in [6.07, 6.45) is 5.16. The van der Waals surface area contributed by atoms with Gasteiger partial charge in [0, 0.05) is 12.6 Å². The minimum atomic E-state index is 0.517. The van der Waals surface area contributed by atoms with Gasteiger partial charge in [-0.2, -0.15) is 0 Å². The molecule has 0 saturated carbocycles. The van der Waals surface area contributed by atoms with Gasteiger partial charge in [0.1, 0.15) is 6.61 Å². The van der Waals surface area contributed by atoms with Crippen molar-refractivity contribution >= 4 is 6.08 Å². The fourth-order valence-corrected chi connectivity index (χ4v) is 1.93. The molecule has 1 aromatic rings. The number of rotatable bonds is 11. The van der Waals surface area contributed by atoms with Crippen LogP contribution in [0.1, 0.15) is 32.8 Å². The molecule has 124 valence electrons. The van der Waals surface area contributed by atoms with E-state index < -0.39 is 0 Å².